The summed E-state index contributed by atoms with van der Waals surface area (Å²) < 4.78 is 48.2. The van der Waals surface area contributed by atoms with Crippen LogP contribution >= 0.6 is 0 Å². The minimum atomic E-state index is -4.62. The smallest absolute Gasteiger partial charge is 0.206 e. The third-order valence-electron chi connectivity index (χ3n) is 1.62. The maximum absolute atomic E-state index is 12.9. The van der Waals surface area contributed by atoms with Gasteiger partial charge in [0, 0.05) is 5.56 Å². The van der Waals surface area contributed by atoms with Crippen LogP contribution in [-0.4, -0.2) is 6.18 Å². The molecule has 1 aromatic rings. The van der Waals surface area contributed by atoms with Crippen molar-refractivity contribution in [2.45, 2.75) is 13.1 Å². The highest BCUT2D eigenvalue weighted by molar-refractivity contribution is 5.59. The summed E-state index contributed by atoms with van der Waals surface area (Å²) in [6, 6.07) is 5.73. The summed E-state index contributed by atoms with van der Waals surface area (Å²) in [4.78, 5) is 0. The molecule has 14 heavy (non-hydrogen) atoms. The van der Waals surface area contributed by atoms with E-state index in [1.807, 2.05) is 0 Å². The van der Waals surface area contributed by atoms with E-state index < -0.39 is 12.0 Å². The van der Waals surface area contributed by atoms with Crippen LogP contribution in [0.3, 0.4) is 0 Å². The first-order chi connectivity index (χ1) is 6.38. The Balaban J connectivity index is 2.95. The van der Waals surface area contributed by atoms with Gasteiger partial charge in [-0.2, -0.15) is 13.2 Å². The van der Waals surface area contributed by atoms with E-state index in [0.29, 0.717) is 0 Å². The molecule has 0 atom stereocenters. The second-order valence-corrected chi connectivity index (χ2v) is 2.90. The molecule has 0 aliphatic carbocycles. The molecular weight excluding hydrogens is 196 g/mol. The van der Waals surface area contributed by atoms with Crippen molar-refractivity contribution in [3.63, 3.8) is 0 Å². The summed E-state index contributed by atoms with van der Waals surface area (Å²) >= 11 is 0. The molecule has 0 aliphatic rings. The molecule has 0 aliphatic heterocycles. The second-order valence-electron chi connectivity index (χ2n) is 2.90. The zero-order chi connectivity index (χ0) is 10.8. The molecule has 1 aromatic carbocycles. The van der Waals surface area contributed by atoms with Crippen LogP contribution in [0.4, 0.5) is 17.6 Å². The van der Waals surface area contributed by atoms with Crippen molar-refractivity contribution in [2.24, 2.45) is 0 Å². The number of benzene rings is 1. The van der Waals surface area contributed by atoms with E-state index in [9.17, 15) is 17.6 Å². The van der Waals surface area contributed by atoms with Crippen LogP contribution < -0.4 is 0 Å². The lowest BCUT2D eigenvalue weighted by molar-refractivity contribution is -0.0798. The van der Waals surface area contributed by atoms with Gasteiger partial charge >= 0.3 is 6.18 Å². The molecule has 76 valence electrons. The third kappa shape index (κ3) is 3.20. The third-order valence-corrected chi connectivity index (χ3v) is 1.62. The second kappa shape index (κ2) is 3.82. The summed E-state index contributed by atoms with van der Waals surface area (Å²) in [5.41, 5.74) is 0.807. The van der Waals surface area contributed by atoms with Gasteiger partial charge in [-0.25, -0.2) is 4.39 Å². The molecule has 1 rings (SSSR count). The zero-order valence-corrected chi connectivity index (χ0v) is 7.40. The highest BCUT2D eigenvalue weighted by atomic mass is 19.4. The van der Waals surface area contributed by atoms with Crippen LogP contribution in [0.1, 0.15) is 11.1 Å². The predicted octanol–water partition coefficient (Wildman–Crippen LogP) is 3.87. The fraction of sp³-hybridized carbons (Fsp3) is 0.200. The molecule has 0 saturated heterocycles. The number of allylic oxidation sites excluding steroid dienone is 1. The van der Waals surface area contributed by atoms with E-state index >= 15 is 0 Å². The Morgan fingerprint density at radius 1 is 1.14 bits per heavy atom. The molecule has 0 aromatic heterocycles. The lowest BCUT2D eigenvalue weighted by atomic mass is 10.1. The molecule has 0 radical (unpaired) electrons. The average molecular weight is 204 g/mol. The molecule has 0 heterocycles. The van der Waals surface area contributed by atoms with E-state index in [4.69, 9.17) is 0 Å². The monoisotopic (exact) mass is 204 g/mol. The molecule has 0 fully saturated rings. The number of rotatable bonds is 1. The van der Waals surface area contributed by atoms with Gasteiger partial charge in [0.25, 0.3) is 0 Å². The first-order valence-electron chi connectivity index (χ1n) is 3.90. The van der Waals surface area contributed by atoms with E-state index in [2.05, 4.69) is 0 Å². The normalized spacial score (nSPS) is 13.1. The molecule has 0 unspecified atom stereocenters. The van der Waals surface area contributed by atoms with Crippen LogP contribution in [0.2, 0.25) is 0 Å². The van der Waals surface area contributed by atoms with Crippen molar-refractivity contribution < 1.29 is 17.6 Å². The van der Waals surface area contributed by atoms with Gasteiger partial charge in [-0.1, -0.05) is 29.8 Å². The van der Waals surface area contributed by atoms with Gasteiger partial charge < -0.3 is 0 Å². The van der Waals surface area contributed by atoms with Crippen molar-refractivity contribution in [3.05, 3.63) is 41.5 Å². The van der Waals surface area contributed by atoms with Gasteiger partial charge in [0.1, 0.15) is 5.83 Å². The minimum Gasteiger partial charge on any atom is -0.206 e. The Hall–Kier alpha value is -1.32. The Morgan fingerprint density at radius 2 is 1.64 bits per heavy atom. The maximum Gasteiger partial charge on any atom is 0.412 e. The lowest BCUT2D eigenvalue weighted by Gasteiger charge is -2.01. The highest BCUT2D eigenvalue weighted by Crippen LogP contribution is 2.24. The van der Waals surface area contributed by atoms with E-state index in [1.165, 1.54) is 12.1 Å². The fourth-order valence-corrected chi connectivity index (χ4v) is 0.940. The van der Waals surface area contributed by atoms with Crippen molar-refractivity contribution in [1.82, 2.24) is 0 Å². The summed E-state index contributed by atoms with van der Waals surface area (Å²) in [7, 11) is 0. The van der Waals surface area contributed by atoms with Crippen molar-refractivity contribution in [3.8, 4) is 0 Å². The van der Waals surface area contributed by atoms with Crippen molar-refractivity contribution in [2.75, 3.05) is 0 Å². The molecular formula is C10H8F4. The number of alkyl halides is 3. The Labute approximate surface area is 78.9 Å². The quantitative estimate of drug-likeness (QED) is 0.609. The fourth-order valence-electron chi connectivity index (χ4n) is 0.940. The van der Waals surface area contributed by atoms with Gasteiger partial charge in [0.05, 0.1) is 6.08 Å². The van der Waals surface area contributed by atoms with E-state index in [0.717, 1.165) is 5.56 Å². The Kier molecular flexibility index (Phi) is 2.93. The maximum atomic E-state index is 12.9. The number of hydrogen-bond donors (Lipinski definition) is 0. The van der Waals surface area contributed by atoms with Crippen molar-refractivity contribution >= 4 is 5.83 Å². The summed E-state index contributed by atoms with van der Waals surface area (Å²) in [6.45, 7) is 1.77. The molecule has 0 spiro atoms. The number of hydrogen-bond acceptors (Lipinski definition) is 0. The van der Waals surface area contributed by atoms with Crippen LogP contribution in [0.25, 0.3) is 5.83 Å². The average Bonchev–Trinajstić information content (AvgIpc) is 2.02. The molecule has 0 amide bonds. The van der Waals surface area contributed by atoms with Gasteiger partial charge in [-0.3, -0.25) is 0 Å². The molecule has 0 N–H and O–H groups in total. The first-order valence-corrected chi connectivity index (χ1v) is 3.90. The molecule has 0 saturated carbocycles. The Morgan fingerprint density at radius 3 is 2.07 bits per heavy atom. The van der Waals surface area contributed by atoms with Crippen LogP contribution in [0, 0.1) is 6.92 Å². The standard InChI is InChI=1S/C10H8F4/c1-7-2-4-8(5-3-7)9(11)6-10(12,13)14/h2-6H,1H3/b9-6-. The minimum absolute atomic E-state index is 0.0621. The summed E-state index contributed by atoms with van der Waals surface area (Å²) in [5, 5.41) is 0. The lowest BCUT2D eigenvalue weighted by Crippen LogP contribution is -2.01. The number of aryl methyl sites for hydroxylation is 1. The van der Waals surface area contributed by atoms with E-state index in [-0.39, 0.29) is 11.6 Å². The predicted molar refractivity (Wildman–Crippen MR) is 46.3 cm³/mol. The first kappa shape index (κ1) is 10.8. The van der Waals surface area contributed by atoms with Gasteiger partial charge in [-0.05, 0) is 6.92 Å². The SMILES string of the molecule is Cc1ccc(/C(F)=C/C(F)(F)F)cc1. The zero-order valence-electron chi connectivity index (χ0n) is 7.40. The van der Waals surface area contributed by atoms with Crippen LogP contribution in [-0.2, 0) is 0 Å². The summed E-state index contributed by atoms with van der Waals surface area (Å²) in [5.74, 6) is -1.27. The Bertz CT molecular complexity index is 332. The van der Waals surface area contributed by atoms with E-state index in [1.54, 1.807) is 19.1 Å². The van der Waals surface area contributed by atoms with Crippen molar-refractivity contribution in [1.29, 1.82) is 0 Å². The van der Waals surface area contributed by atoms with Gasteiger partial charge in [-0.15, -0.1) is 0 Å². The largest absolute Gasteiger partial charge is 0.412 e. The number of halogens is 4. The highest BCUT2D eigenvalue weighted by Gasteiger charge is 2.25. The molecule has 0 nitrogen and oxygen atoms in total. The molecule has 4 heteroatoms. The topological polar surface area (TPSA) is 0 Å². The van der Waals surface area contributed by atoms with Crippen LogP contribution in [0.5, 0.6) is 0 Å². The van der Waals surface area contributed by atoms with Crippen LogP contribution in [0.15, 0.2) is 30.3 Å². The van der Waals surface area contributed by atoms with Gasteiger partial charge in [0.15, 0.2) is 0 Å². The molecule has 0 bridgehead atoms. The van der Waals surface area contributed by atoms with Gasteiger partial charge in [0.2, 0.25) is 0 Å². The summed E-state index contributed by atoms with van der Waals surface area (Å²) in [6.07, 6.45) is -4.97.